The Labute approximate surface area is 135 Å². The smallest absolute Gasteiger partial charge is 0.309 e. The standard InChI is InChI=1S/C17H21FN2O3/c1-3-23-17(21)13-4-6-20(7-5-13)11-12-8-15(18)14(10-19)16(9-12)22-2/h8-9,13H,3-7,11H2,1-2H3. The van der Waals surface area contributed by atoms with Gasteiger partial charge in [0.15, 0.2) is 0 Å². The number of ether oxygens (including phenoxy) is 2. The van der Waals surface area contributed by atoms with Crippen LogP contribution in [-0.2, 0) is 16.1 Å². The Bertz CT molecular complexity index is 605. The molecule has 2 rings (SSSR count). The fourth-order valence-electron chi connectivity index (χ4n) is 2.84. The van der Waals surface area contributed by atoms with E-state index in [4.69, 9.17) is 14.7 Å². The van der Waals surface area contributed by atoms with Gasteiger partial charge < -0.3 is 9.47 Å². The second-order valence-corrected chi connectivity index (χ2v) is 5.57. The van der Waals surface area contributed by atoms with Gasteiger partial charge in [0.05, 0.1) is 19.6 Å². The molecule has 0 saturated carbocycles. The van der Waals surface area contributed by atoms with Gasteiger partial charge in [-0.3, -0.25) is 9.69 Å². The number of likely N-dealkylation sites (tertiary alicyclic amines) is 1. The third-order valence-corrected chi connectivity index (χ3v) is 4.06. The molecule has 1 fully saturated rings. The summed E-state index contributed by atoms with van der Waals surface area (Å²) in [5.41, 5.74) is 0.685. The Kier molecular flexibility index (Phi) is 5.94. The van der Waals surface area contributed by atoms with Gasteiger partial charge in [0.2, 0.25) is 0 Å². The maximum atomic E-state index is 13.9. The molecule has 0 unspecified atom stereocenters. The van der Waals surface area contributed by atoms with E-state index in [2.05, 4.69) is 4.90 Å². The number of benzene rings is 1. The van der Waals surface area contributed by atoms with E-state index in [0.29, 0.717) is 13.2 Å². The van der Waals surface area contributed by atoms with Crippen molar-refractivity contribution in [2.24, 2.45) is 5.92 Å². The minimum absolute atomic E-state index is 0.0431. The minimum Gasteiger partial charge on any atom is -0.495 e. The van der Waals surface area contributed by atoms with Crippen molar-refractivity contribution in [1.82, 2.24) is 4.90 Å². The summed E-state index contributed by atoms with van der Waals surface area (Å²) in [7, 11) is 1.42. The maximum absolute atomic E-state index is 13.9. The zero-order valence-electron chi connectivity index (χ0n) is 13.5. The highest BCUT2D eigenvalue weighted by Crippen LogP contribution is 2.25. The number of rotatable bonds is 5. The van der Waals surface area contributed by atoms with Crippen molar-refractivity contribution in [1.29, 1.82) is 5.26 Å². The fraction of sp³-hybridized carbons (Fsp3) is 0.529. The molecule has 1 aromatic rings. The zero-order chi connectivity index (χ0) is 16.8. The summed E-state index contributed by atoms with van der Waals surface area (Å²) in [5.74, 6) is -0.483. The minimum atomic E-state index is -0.566. The van der Waals surface area contributed by atoms with Gasteiger partial charge >= 0.3 is 5.97 Å². The number of piperidine rings is 1. The van der Waals surface area contributed by atoms with E-state index < -0.39 is 5.82 Å². The highest BCUT2D eigenvalue weighted by atomic mass is 19.1. The van der Waals surface area contributed by atoms with Crippen LogP contribution in [0.5, 0.6) is 5.75 Å². The molecule has 0 atom stereocenters. The van der Waals surface area contributed by atoms with E-state index in [0.717, 1.165) is 31.5 Å². The Morgan fingerprint density at radius 2 is 2.13 bits per heavy atom. The van der Waals surface area contributed by atoms with Gasteiger partial charge in [0.25, 0.3) is 0 Å². The number of carbonyl (C=O) groups excluding carboxylic acids is 1. The Morgan fingerprint density at radius 1 is 1.43 bits per heavy atom. The SMILES string of the molecule is CCOC(=O)C1CCN(Cc2cc(F)c(C#N)c(OC)c2)CC1. The van der Waals surface area contributed by atoms with E-state index in [9.17, 15) is 9.18 Å². The summed E-state index contributed by atoms with van der Waals surface area (Å²) in [6.07, 6.45) is 1.49. The maximum Gasteiger partial charge on any atom is 0.309 e. The summed E-state index contributed by atoms with van der Waals surface area (Å²) in [6, 6.07) is 4.88. The molecule has 0 amide bonds. The Balaban J connectivity index is 1.98. The molecule has 23 heavy (non-hydrogen) atoms. The van der Waals surface area contributed by atoms with Crippen molar-refractivity contribution < 1.29 is 18.7 Å². The molecule has 1 aliphatic rings. The molecule has 124 valence electrons. The quantitative estimate of drug-likeness (QED) is 0.780. The van der Waals surface area contributed by atoms with Gasteiger partial charge in [-0.25, -0.2) is 4.39 Å². The number of nitrogens with zero attached hydrogens (tertiary/aromatic N) is 2. The molecule has 6 heteroatoms. The highest BCUT2D eigenvalue weighted by molar-refractivity contribution is 5.72. The first-order chi connectivity index (χ1) is 11.1. The molecule has 1 aliphatic heterocycles. The molecule has 0 bridgehead atoms. The number of nitriles is 1. The summed E-state index contributed by atoms with van der Waals surface area (Å²) < 4.78 is 24.1. The highest BCUT2D eigenvalue weighted by Gasteiger charge is 2.26. The van der Waals surface area contributed by atoms with Crippen LogP contribution < -0.4 is 4.74 Å². The van der Waals surface area contributed by atoms with E-state index in [1.165, 1.54) is 13.2 Å². The molecule has 1 saturated heterocycles. The second kappa shape index (κ2) is 7.93. The van der Waals surface area contributed by atoms with Crippen LogP contribution in [0.3, 0.4) is 0 Å². The average Bonchev–Trinajstić information content (AvgIpc) is 2.55. The van der Waals surface area contributed by atoms with Crippen molar-refractivity contribution in [3.63, 3.8) is 0 Å². The van der Waals surface area contributed by atoms with Crippen LogP contribution in [0.4, 0.5) is 4.39 Å². The summed E-state index contributed by atoms with van der Waals surface area (Å²) >= 11 is 0. The van der Waals surface area contributed by atoms with E-state index in [1.54, 1.807) is 13.0 Å². The van der Waals surface area contributed by atoms with Crippen molar-refractivity contribution in [2.75, 3.05) is 26.8 Å². The van der Waals surface area contributed by atoms with Gasteiger partial charge in [-0.2, -0.15) is 5.26 Å². The van der Waals surface area contributed by atoms with E-state index in [1.807, 2.05) is 6.07 Å². The predicted molar refractivity (Wildman–Crippen MR) is 82.3 cm³/mol. The van der Waals surface area contributed by atoms with Gasteiger partial charge in [0.1, 0.15) is 23.2 Å². The first kappa shape index (κ1) is 17.2. The van der Waals surface area contributed by atoms with Crippen LogP contribution in [0, 0.1) is 23.1 Å². The summed E-state index contributed by atoms with van der Waals surface area (Å²) in [5, 5.41) is 8.94. The molecule has 0 spiro atoms. The number of carbonyl (C=O) groups is 1. The Hall–Kier alpha value is -2.13. The van der Waals surface area contributed by atoms with Crippen molar-refractivity contribution in [3.8, 4) is 11.8 Å². The van der Waals surface area contributed by atoms with Gasteiger partial charge in [0, 0.05) is 6.54 Å². The first-order valence-corrected chi connectivity index (χ1v) is 7.74. The van der Waals surface area contributed by atoms with Crippen LogP contribution in [-0.4, -0.2) is 37.7 Å². The zero-order valence-corrected chi connectivity index (χ0v) is 13.5. The topological polar surface area (TPSA) is 62.6 Å². The molecule has 0 aliphatic carbocycles. The van der Waals surface area contributed by atoms with Crippen molar-refractivity contribution >= 4 is 5.97 Å². The van der Waals surface area contributed by atoms with Crippen LogP contribution >= 0.6 is 0 Å². The van der Waals surface area contributed by atoms with E-state index in [-0.39, 0.29) is 23.2 Å². The number of halogens is 1. The lowest BCUT2D eigenvalue weighted by molar-refractivity contribution is -0.149. The molecule has 0 N–H and O–H groups in total. The van der Waals surface area contributed by atoms with Crippen molar-refractivity contribution in [3.05, 3.63) is 29.1 Å². The number of esters is 1. The third kappa shape index (κ3) is 4.20. The predicted octanol–water partition coefficient (Wildman–Crippen LogP) is 2.48. The molecule has 0 radical (unpaired) electrons. The average molecular weight is 320 g/mol. The van der Waals surface area contributed by atoms with Crippen LogP contribution in [0.1, 0.15) is 30.9 Å². The van der Waals surface area contributed by atoms with E-state index >= 15 is 0 Å². The lowest BCUT2D eigenvalue weighted by atomic mass is 9.96. The van der Waals surface area contributed by atoms with Crippen LogP contribution in [0.2, 0.25) is 0 Å². The van der Waals surface area contributed by atoms with Crippen LogP contribution in [0.25, 0.3) is 0 Å². The number of hydrogen-bond acceptors (Lipinski definition) is 5. The first-order valence-electron chi connectivity index (χ1n) is 7.74. The van der Waals surface area contributed by atoms with Gasteiger partial charge in [-0.05, 0) is 50.6 Å². The lowest BCUT2D eigenvalue weighted by Gasteiger charge is -2.30. The van der Waals surface area contributed by atoms with Crippen molar-refractivity contribution in [2.45, 2.75) is 26.3 Å². The molecular weight excluding hydrogens is 299 g/mol. The van der Waals surface area contributed by atoms with Gasteiger partial charge in [-0.1, -0.05) is 0 Å². The molecule has 5 nitrogen and oxygen atoms in total. The summed E-state index contributed by atoms with van der Waals surface area (Å²) in [6.45, 7) is 4.29. The molecular formula is C17H21FN2O3. The lowest BCUT2D eigenvalue weighted by Crippen LogP contribution is -2.36. The second-order valence-electron chi connectivity index (χ2n) is 5.57. The van der Waals surface area contributed by atoms with Crippen LogP contribution in [0.15, 0.2) is 12.1 Å². The third-order valence-electron chi connectivity index (χ3n) is 4.06. The largest absolute Gasteiger partial charge is 0.495 e. The molecule has 1 heterocycles. The Morgan fingerprint density at radius 3 is 2.70 bits per heavy atom. The monoisotopic (exact) mass is 320 g/mol. The number of hydrogen-bond donors (Lipinski definition) is 0. The summed E-state index contributed by atoms with van der Waals surface area (Å²) in [4.78, 5) is 13.9. The number of methoxy groups -OCH3 is 1. The normalized spacial score (nSPS) is 15.9. The molecule has 0 aromatic heterocycles. The molecule has 1 aromatic carbocycles. The van der Waals surface area contributed by atoms with Gasteiger partial charge in [-0.15, -0.1) is 0 Å². The fourth-order valence-corrected chi connectivity index (χ4v) is 2.84.